The average Bonchev–Trinajstić information content (AvgIpc) is 2.91. The normalized spacial score (nSPS) is 17.9. The zero-order valence-corrected chi connectivity index (χ0v) is 11.8. The molecule has 0 saturated carbocycles. The lowest BCUT2D eigenvalue weighted by Gasteiger charge is -2.28. The summed E-state index contributed by atoms with van der Waals surface area (Å²) in [5.41, 5.74) is 7.91. The molecule has 0 bridgehead atoms. The van der Waals surface area contributed by atoms with E-state index in [1.54, 1.807) is 17.3 Å². The predicted octanol–water partition coefficient (Wildman–Crippen LogP) is 2.95. The van der Waals surface area contributed by atoms with Crippen molar-refractivity contribution in [2.75, 3.05) is 7.11 Å². The number of aliphatic imine (C=N–C) groups is 1. The number of nitrogens with two attached hydrogens (primary N) is 1. The number of ether oxygens (including phenoxy) is 1. The zero-order valence-electron chi connectivity index (χ0n) is 10.2. The van der Waals surface area contributed by atoms with Crippen molar-refractivity contribution in [3.63, 3.8) is 0 Å². The maximum Gasteiger partial charge on any atom is 0.227 e. The van der Waals surface area contributed by atoms with Crippen molar-refractivity contribution in [1.29, 1.82) is 0 Å². The van der Waals surface area contributed by atoms with Crippen molar-refractivity contribution in [2.24, 2.45) is 10.7 Å². The van der Waals surface area contributed by atoms with Crippen molar-refractivity contribution in [2.45, 2.75) is 6.17 Å². The lowest BCUT2D eigenvalue weighted by Crippen LogP contribution is -2.34. The van der Waals surface area contributed by atoms with E-state index in [0.717, 1.165) is 16.9 Å². The molecule has 3 rings (SSSR count). The summed E-state index contributed by atoms with van der Waals surface area (Å²) in [7, 11) is 1.63. The van der Waals surface area contributed by atoms with Gasteiger partial charge in [0.25, 0.3) is 0 Å². The Morgan fingerprint density at radius 1 is 1.32 bits per heavy atom. The number of amidine groups is 1. The number of benzene rings is 1. The van der Waals surface area contributed by atoms with E-state index in [2.05, 4.69) is 21.1 Å². The fourth-order valence-electron chi connectivity index (χ4n) is 1.95. The number of fused-ring (bicyclic) bond motifs is 1. The van der Waals surface area contributed by atoms with E-state index in [1.807, 2.05) is 30.3 Å². The second-order valence-electron chi connectivity index (χ2n) is 4.10. The Labute approximate surface area is 119 Å². The topological polar surface area (TPSA) is 64.0 Å². The van der Waals surface area contributed by atoms with Gasteiger partial charge >= 0.3 is 0 Å². The van der Waals surface area contributed by atoms with Crippen LogP contribution in [0.1, 0.15) is 17.3 Å². The Morgan fingerprint density at radius 3 is 2.74 bits per heavy atom. The standard InChI is InChI=1S/C13H12BrN3O2/c1-18-9-4-2-8(3-5-9)12-16-13-10(6-7-19-13)11(15)17(12)14/h2-7,11H,15H2,1H3. The largest absolute Gasteiger partial charge is 0.497 e. The summed E-state index contributed by atoms with van der Waals surface area (Å²) < 4.78 is 12.2. The summed E-state index contributed by atoms with van der Waals surface area (Å²) in [5.74, 6) is 2.05. The molecule has 0 saturated heterocycles. The van der Waals surface area contributed by atoms with Crippen molar-refractivity contribution in [3.05, 3.63) is 47.7 Å². The first kappa shape index (κ1) is 12.3. The molecule has 1 aliphatic heterocycles. The number of hydrogen-bond donors (Lipinski definition) is 1. The quantitative estimate of drug-likeness (QED) is 0.864. The number of furan rings is 1. The van der Waals surface area contributed by atoms with Crippen LogP contribution < -0.4 is 10.5 Å². The molecule has 0 amide bonds. The van der Waals surface area contributed by atoms with Crippen molar-refractivity contribution < 1.29 is 9.15 Å². The van der Waals surface area contributed by atoms with Crippen LogP contribution >= 0.6 is 16.1 Å². The molecule has 1 atom stereocenters. The van der Waals surface area contributed by atoms with E-state index in [4.69, 9.17) is 14.9 Å². The molecular formula is C13H12BrN3O2. The van der Waals surface area contributed by atoms with Crippen LogP contribution in [0.15, 0.2) is 46.0 Å². The van der Waals surface area contributed by atoms with Gasteiger partial charge in [0, 0.05) is 5.56 Å². The first-order valence-corrected chi connectivity index (χ1v) is 6.42. The van der Waals surface area contributed by atoms with Gasteiger partial charge in [-0.1, -0.05) is 0 Å². The molecule has 5 nitrogen and oxygen atoms in total. The van der Waals surface area contributed by atoms with Gasteiger partial charge in [-0.15, -0.1) is 0 Å². The monoisotopic (exact) mass is 321 g/mol. The Bertz CT molecular complexity index is 621. The Kier molecular flexibility index (Phi) is 3.04. The summed E-state index contributed by atoms with van der Waals surface area (Å²) in [6, 6.07) is 9.42. The smallest absolute Gasteiger partial charge is 0.227 e. The number of nitrogens with zero attached hydrogens (tertiary/aromatic N) is 2. The Balaban J connectivity index is 2.04. The molecule has 2 N–H and O–H groups in total. The minimum Gasteiger partial charge on any atom is -0.497 e. The molecule has 0 fully saturated rings. The summed E-state index contributed by atoms with van der Waals surface area (Å²) in [4.78, 5) is 4.47. The maximum atomic E-state index is 6.13. The van der Waals surface area contributed by atoms with Crippen LogP contribution in [0, 0.1) is 0 Å². The van der Waals surface area contributed by atoms with Crippen LogP contribution in [0.25, 0.3) is 0 Å². The summed E-state index contributed by atoms with van der Waals surface area (Å²) in [5, 5.41) is 0. The highest BCUT2D eigenvalue weighted by atomic mass is 79.9. The molecule has 6 heteroatoms. The third-order valence-corrected chi connectivity index (χ3v) is 3.77. The van der Waals surface area contributed by atoms with Crippen LogP contribution in [0.2, 0.25) is 0 Å². The Morgan fingerprint density at radius 2 is 2.05 bits per heavy atom. The van der Waals surface area contributed by atoms with Gasteiger partial charge in [-0.05, 0) is 30.3 Å². The highest BCUT2D eigenvalue weighted by Crippen LogP contribution is 2.36. The molecule has 1 aromatic carbocycles. The second-order valence-corrected chi connectivity index (χ2v) is 4.87. The van der Waals surface area contributed by atoms with E-state index >= 15 is 0 Å². The molecule has 2 aromatic rings. The fourth-order valence-corrected chi connectivity index (χ4v) is 2.46. The summed E-state index contributed by atoms with van der Waals surface area (Å²) in [6.45, 7) is 0. The molecule has 1 aromatic heterocycles. The summed E-state index contributed by atoms with van der Waals surface area (Å²) >= 11 is 3.45. The van der Waals surface area contributed by atoms with Crippen LogP contribution in [-0.2, 0) is 0 Å². The lowest BCUT2D eigenvalue weighted by molar-refractivity contribution is 0.414. The van der Waals surface area contributed by atoms with Gasteiger partial charge in [0.15, 0.2) is 5.84 Å². The van der Waals surface area contributed by atoms with Crippen molar-refractivity contribution in [3.8, 4) is 5.75 Å². The van der Waals surface area contributed by atoms with E-state index < -0.39 is 0 Å². The van der Waals surface area contributed by atoms with Gasteiger partial charge in [0.1, 0.15) is 11.9 Å². The molecule has 0 radical (unpaired) electrons. The SMILES string of the molecule is COc1ccc(C2=Nc3occc3C(N)N2Br)cc1. The molecular weight excluding hydrogens is 310 g/mol. The van der Waals surface area contributed by atoms with E-state index in [0.29, 0.717) is 11.7 Å². The second kappa shape index (κ2) is 4.71. The summed E-state index contributed by atoms with van der Waals surface area (Å²) in [6.07, 6.45) is 1.26. The van der Waals surface area contributed by atoms with Crippen molar-refractivity contribution >= 4 is 27.9 Å². The van der Waals surface area contributed by atoms with Crippen LogP contribution in [0.5, 0.6) is 5.75 Å². The van der Waals surface area contributed by atoms with Crippen LogP contribution in [-0.4, -0.2) is 16.9 Å². The Hall–Kier alpha value is -1.79. The fraction of sp³-hybridized carbons (Fsp3) is 0.154. The van der Waals surface area contributed by atoms with Gasteiger partial charge < -0.3 is 14.9 Å². The predicted molar refractivity (Wildman–Crippen MR) is 75.6 cm³/mol. The number of methoxy groups -OCH3 is 1. The molecule has 19 heavy (non-hydrogen) atoms. The third kappa shape index (κ3) is 2.02. The number of halogens is 1. The first-order chi connectivity index (χ1) is 9.20. The van der Waals surface area contributed by atoms with E-state index in [-0.39, 0.29) is 6.17 Å². The molecule has 1 unspecified atom stereocenters. The molecule has 98 valence electrons. The average molecular weight is 322 g/mol. The van der Waals surface area contributed by atoms with E-state index in [1.165, 1.54) is 0 Å². The minimum absolute atomic E-state index is 0.330. The number of hydrogen-bond acceptors (Lipinski definition) is 5. The van der Waals surface area contributed by atoms with E-state index in [9.17, 15) is 0 Å². The molecule has 0 spiro atoms. The van der Waals surface area contributed by atoms with Gasteiger partial charge in [0.05, 0.1) is 35.1 Å². The van der Waals surface area contributed by atoms with Gasteiger partial charge in [-0.25, -0.2) is 0 Å². The van der Waals surface area contributed by atoms with Gasteiger partial charge in [-0.3, -0.25) is 3.93 Å². The van der Waals surface area contributed by atoms with Gasteiger partial charge in [0.2, 0.25) is 5.88 Å². The zero-order chi connectivity index (χ0) is 13.4. The van der Waals surface area contributed by atoms with Crippen LogP contribution in [0.3, 0.4) is 0 Å². The highest BCUT2D eigenvalue weighted by molar-refractivity contribution is 9.07. The van der Waals surface area contributed by atoms with Gasteiger partial charge in [-0.2, -0.15) is 4.99 Å². The minimum atomic E-state index is -0.330. The molecule has 1 aliphatic rings. The molecule has 2 heterocycles. The highest BCUT2D eigenvalue weighted by Gasteiger charge is 2.28. The first-order valence-electron chi connectivity index (χ1n) is 5.72. The third-order valence-electron chi connectivity index (χ3n) is 3.00. The lowest BCUT2D eigenvalue weighted by atomic mass is 10.1. The number of rotatable bonds is 2. The molecule has 0 aliphatic carbocycles. The van der Waals surface area contributed by atoms with Crippen LogP contribution in [0.4, 0.5) is 5.88 Å². The maximum absolute atomic E-state index is 6.13. The van der Waals surface area contributed by atoms with Crippen molar-refractivity contribution in [1.82, 2.24) is 3.93 Å².